The van der Waals surface area contributed by atoms with E-state index in [0.717, 1.165) is 10.9 Å². The zero-order valence-corrected chi connectivity index (χ0v) is 15.8. The molecule has 26 heavy (non-hydrogen) atoms. The lowest BCUT2D eigenvalue weighted by Crippen LogP contribution is -2.29. The minimum Gasteiger partial charge on any atom is -0.336 e. The van der Waals surface area contributed by atoms with Gasteiger partial charge in [-0.05, 0) is 24.6 Å². The van der Waals surface area contributed by atoms with Crippen molar-refractivity contribution in [2.24, 2.45) is 0 Å². The van der Waals surface area contributed by atoms with Crippen LogP contribution in [0.3, 0.4) is 0 Å². The molecule has 0 bridgehead atoms. The molecule has 1 amide bonds. The first-order chi connectivity index (χ1) is 12.6. The fourth-order valence-electron chi connectivity index (χ4n) is 3.00. The molecule has 1 aliphatic heterocycles. The molecular weight excluding hydrogens is 400 g/mol. The van der Waals surface area contributed by atoms with Crippen molar-refractivity contribution in [2.75, 3.05) is 13.1 Å². The summed E-state index contributed by atoms with van der Waals surface area (Å²) in [5, 5.41) is 12.2. The number of halogens is 1. The van der Waals surface area contributed by atoms with Gasteiger partial charge in [0, 0.05) is 29.5 Å². The van der Waals surface area contributed by atoms with Gasteiger partial charge in [-0.2, -0.15) is 4.98 Å². The van der Waals surface area contributed by atoms with Crippen LogP contribution in [-0.2, 0) is 6.42 Å². The van der Waals surface area contributed by atoms with Crippen LogP contribution in [0.4, 0.5) is 0 Å². The molecule has 9 heteroatoms. The van der Waals surface area contributed by atoms with Gasteiger partial charge >= 0.3 is 0 Å². The van der Waals surface area contributed by atoms with Crippen molar-refractivity contribution >= 4 is 21.8 Å². The highest BCUT2D eigenvalue weighted by Gasteiger charge is 2.29. The lowest BCUT2D eigenvalue weighted by atomic mass is 10.2. The van der Waals surface area contributed by atoms with E-state index in [1.165, 1.54) is 0 Å². The third kappa shape index (κ3) is 3.26. The lowest BCUT2D eigenvalue weighted by molar-refractivity contribution is 0.0787. The van der Waals surface area contributed by atoms with Crippen LogP contribution < -0.4 is 0 Å². The molecule has 8 nitrogen and oxygen atoms in total. The number of aromatic nitrogens is 5. The van der Waals surface area contributed by atoms with E-state index in [1.807, 2.05) is 36.1 Å². The molecule has 2 aromatic heterocycles. The SMILES string of the molecule is CCc1noc(-c2cn(C3CCN(C(=O)c4cccc(Br)c4)C3)nn2)n1. The van der Waals surface area contributed by atoms with Crippen LogP contribution in [0.1, 0.15) is 35.6 Å². The van der Waals surface area contributed by atoms with Crippen molar-refractivity contribution in [3.63, 3.8) is 0 Å². The van der Waals surface area contributed by atoms with E-state index in [2.05, 4.69) is 36.4 Å². The molecule has 1 saturated heterocycles. The Bertz CT molecular complexity index is 937. The Labute approximate surface area is 158 Å². The van der Waals surface area contributed by atoms with Crippen molar-refractivity contribution in [3.05, 3.63) is 46.3 Å². The summed E-state index contributed by atoms with van der Waals surface area (Å²) in [6.07, 6.45) is 3.32. The number of benzene rings is 1. The van der Waals surface area contributed by atoms with Crippen LogP contribution in [0.2, 0.25) is 0 Å². The van der Waals surface area contributed by atoms with Crippen LogP contribution in [0, 0.1) is 0 Å². The number of aryl methyl sites for hydroxylation is 1. The molecule has 3 heterocycles. The Morgan fingerprint density at radius 1 is 1.42 bits per heavy atom. The average Bonchev–Trinajstić information content (AvgIpc) is 3.39. The Morgan fingerprint density at radius 3 is 3.08 bits per heavy atom. The minimum atomic E-state index is 0.0265. The molecule has 0 spiro atoms. The molecule has 3 aromatic rings. The number of nitrogens with zero attached hydrogens (tertiary/aromatic N) is 6. The second-order valence-corrected chi connectivity index (χ2v) is 7.07. The fourth-order valence-corrected chi connectivity index (χ4v) is 3.40. The number of likely N-dealkylation sites (tertiary alicyclic amines) is 1. The van der Waals surface area contributed by atoms with Crippen molar-refractivity contribution in [1.29, 1.82) is 0 Å². The normalized spacial score (nSPS) is 17.0. The van der Waals surface area contributed by atoms with Gasteiger partial charge in [0.25, 0.3) is 11.8 Å². The number of amides is 1. The number of rotatable bonds is 4. The summed E-state index contributed by atoms with van der Waals surface area (Å²) in [6, 6.07) is 7.52. The predicted molar refractivity (Wildman–Crippen MR) is 96.4 cm³/mol. The van der Waals surface area contributed by atoms with E-state index in [4.69, 9.17) is 4.52 Å². The van der Waals surface area contributed by atoms with E-state index in [-0.39, 0.29) is 11.9 Å². The highest BCUT2D eigenvalue weighted by Crippen LogP contribution is 2.25. The second-order valence-electron chi connectivity index (χ2n) is 6.16. The van der Waals surface area contributed by atoms with Crippen LogP contribution in [0.5, 0.6) is 0 Å². The Kier molecular flexibility index (Phi) is 4.54. The number of hydrogen-bond acceptors (Lipinski definition) is 6. The van der Waals surface area contributed by atoms with Gasteiger partial charge in [0.15, 0.2) is 11.5 Å². The molecule has 1 aliphatic rings. The van der Waals surface area contributed by atoms with Gasteiger partial charge in [-0.25, -0.2) is 4.68 Å². The largest absolute Gasteiger partial charge is 0.336 e. The van der Waals surface area contributed by atoms with Crippen LogP contribution in [0.25, 0.3) is 11.6 Å². The summed E-state index contributed by atoms with van der Waals surface area (Å²) in [5.41, 5.74) is 1.23. The molecule has 0 saturated carbocycles. The summed E-state index contributed by atoms with van der Waals surface area (Å²) >= 11 is 3.41. The monoisotopic (exact) mass is 416 g/mol. The zero-order chi connectivity index (χ0) is 18.1. The van der Waals surface area contributed by atoms with Gasteiger partial charge in [0.1, 0.15) is 0 Å². The topological polar surface area (TPSA) is 89.9 Å². The maximum atomic E-state index is 12.7. The van der Waals surface area contributed by atoms with Gasteiger partial charge in [-0.3, -0.25) is 4.79 Å². The first-order valence-electron chi connectivity index (χ1n) is 8.43. The molecule has 134 valence electrons. The van der Waals surface area contributed by atoms with Gasteiger partial charge < -0.3 is 9.42 Å². The van der Waals surface area contributed by atoms with Crippen molar-refractivity contribution in [2.45, 2.75) is 25.8 Å². The molecule has 1 fully saturated rings. The van der Waals surface area contributed by atoms with Crippen LogP contribution in [0.15, 0.2) is 39.5 Å². The predicted octanol–water partition coefficient (Wildman–Crippen LogP) is 2.74. The van der Waals surface area contributed by atoms with Crippen molar-refractivity contribution < 1.29 is 9.32 Å². The Balaban J connectivity index is 1.46. The van der Waals surface area contributed by atoms with Crippen molar-refractivity contribution in [1.82, 2.24) is 30.0 Å². The molecule has 1 unspecified atom stereocenters. The van der Waals surface area contributed by atoms with E-state index in [0.29, 0.717) is 42.5 Å². The summed E-state index contributed by atoms with van der Waals surface area (Å²) in [4.78, 5) is 18.8. The molecule has 0 radical (unpaired) electrons. The summed E-state index contributed by atoms with van der Waals surface area (Å²) in [6.45, 7) is 3.24. The van der Waals surface area contributed by atoms with E-state index in [9.17, 15) is 4.79 Å². The van der Waals surface area contributed by atoms with Gasteiger partial charge in [-0.15, -0.1) is 5.10 Å². The highest BCUT2D eigenvalue weighted by molar-refractivity contribution is 9.10. The summed E-state index contributed by atoms with van der Waals surface area (Å²) < 4.78 is 7.87. The minimum absolute atomic E-state index is 0.0265. The molecule has 1 aromatic carbocycles. The molecule has 4 rings (SSSR count). The molecule has 0 aliphatic carbocycles. The maximum Gasteiger partial charge on any atom is 0.280 e. The van der Waals surface area contributed by atoms with E-state index in [1.54, 1.807) is 10.9 Å². The molecular formula is C17H17BrN6O2. The Hall–Kier alpha value is -2.55. The van der Waals surface area contributed by atoms with E-state index >= 15 is 0 Å². The highest BCUT2D eigenvalue weighted by atomic mass is 79.9. The zero-order valence-electron chi connectivity index (χ0n) is 14.2. The third-order valence-corrected chi connectivity index (χ3v) is 4.90. The van der Waals surface area contributed by atoms with Gasteiger partial charge in [0.2, 0.25) is 0 Å². The third-order valence-electron chi connectivity index (χ3n) is 4.41. The Morgan fingerprint density at radius 2 is 2.31 bits per heavy atom. The first kappa shape index (κ1) is 16.9. The second kappa shape index (κ2) is 6.99. The first-order valence-corrected chi connectivity index (χ1v) is 9.23. The van der Waals surface area contributed by atoms with Crippen LogP contribution >= 0.6 is 15.9 Å². The summed E-state index contributed by atoms with van der Waals surface area (Å²) in [7, 11) is 0. The van der Waals surface area contributed by atoms with Gasteiger partial charge in [-0.1, -0.05) is 39.3 Å². The maximum absolute atomic E-state index is 12.7. The quantitative estimate of drug-likeness (QED) is 0.649. The van der Waals surface area contributed by atoms with Crippen LogP contribution in [-0.4, -0.2) is 49.0 Å². The number of carbonyl (C=O) groups is 1. The summed E-state index contributed by atoms with van der Waals surface area (Å²) in [5.74, 6) is 1.04. The average molecular weight is 417 g/mol. The number of hydrogen-bond donors (Lipinski definition) is 0. The fraction of sp³-hybridized carbons (Fsp3) is 0.353. The standard InChI is InChI=1S/C17H17BrN6O2/c1-2-15-19-16(26-21-15)14-10-24(22-20-14)13-6-7-23(9-13)17(25)11-4-3-5-12(18)8-11/h3-5,8,10,13H,2,6-7,9H2,1H3. The van der Waals surface area contributed by atoms with Gasteiger partial charge in [0.05, 0.1) is 12.2 Å². The number of carbonyl (C=O) groups excluding carboxylic acids is 1. The smallest absolute Gasteiger partial charge is 0.280 e. The lowest BCUT2D eigenvalue weighted by Gasteiger charge is -2.16. The molecule has 1 atom stereocenters. The van der Waals surface area contributed by atoms with E-state index < -0.39 is 0 Å². The van der Waals surface area contributed by atoms with Crippen molar-refractivity contribution in [3.8, 4) is 11.6 Å². The molecule has 0 N–H and O–H groups in total.